The van der Waals surface area contributed by atoms with Crippen molar-refractivity contribution in [2.24, 2.45) is 0 Å². The number of amides is 1. The summed E-state index contributed by atoms with van der Waals surface area (Å²) in [5, 5.41) is 3.37. The molecule has 1 aromatic heterocycles. The number of methoxy groups -OCH3 is 2. The molecule has 4 rings (SSSR count). The fourth-order valence-electron chi connectivity index (χ4n) is 3.27. The third kappa shape index (κ3) is 5.89. The van der Waals surface area contributed by atoms with Crippen LogP contribution in [-0.4, -0.2) is 38.5 Å². The summed E-state index contributed by atoms with van der Waals surface area (Å²) in [5.74, 6) is 1.92. The van der Waals surface area contributed by atoms with Crippen LogP contribution in [0.4, 0.5) is 14.9 Å². The summed E-state index contributed by atoms with van der Waals surface area (Å²) in [4.78, 5) is 16.4. The first-order valence-electron chi connectivity index (χ1n) is 10.7. The second kappa shape index (κ2) is 11.1. The quantitative estimate of drug-likeness (QED) is 0.304. The molecule has 0 atom stereocenters. The van der Waals surface area contributed by atoms with Crippen LogP contribution >= 0.6 is 0 Å². The Labute approximate surface area is 201 Å². The van der Waals surface area contributed by atoms with Crippen molar-refractivity contribution in [2.75, 3.05) is 32.8 Å². The lowest BCUT2D eigenvalue weighted by molar-refractivity contribution is 0.136. The largest absolute Gasteiger partial charge is 0.493 e. The molecule has 9 heteroatoms. The average Bonchev–Trinajstić information content (AvgIpc) is 2.88. The maximum absolute atomic E-state index is 13.5. The number of aromatic nitrogens is 1. The Hall–Kier alpha value is -4.53. The summed E-state index contributed by atoms with van der Waals surface area (Å²) in [7, 11) is 3.13. The third-order valence-corrected chi connectivity index (χ3v) is 4.95. The van der Waals surface area contributed by atoms with Crippen molar-refractivity contribution in [2.45, 2.75) is 0 Å². The topological polar surface area (TPSA) is 88.1 Å². The van der Waals surface area contributed by atoms with Gasteiger partial charge in [0.05, 0.1) is 19.7 Å². The minimum Gasteiger partial charge on any atom is -0.493 e. The number of fused-ring (bicyclic) bond motifs is 1. The molecule has 0 unspecified atom stereocenters. The van der Waals surface area contributed by atoms with Gasteiger partial charge in [0.15, 0.2) is 23.1 Å². The molecule has 0 aliphatic heterocycles. The van der Waals surface area contributed by atoms with E-state index < -0.39 is 11.9 Å². The molecule has 1 N–H and O–H groups in total. The van der Waals surface area contributed by atoms with Gasteiger partial charge in [-0.15, -0.1) is 0 Å². The average molecular weight is 478 g/mol. The van der Waals surface area contributed by atoms with E-state index in [0.717, 1.165) is 5.39 Å². The van der Waals surface area contributed by atoms with Gasteiger partial charge in [-0.05, 0) is 48.5 Å². The molecule has 8 nitrogen and oxygen atoms in total. The molecule has 0 spiro atoms. The van der Waals surface area contributed by atoms with Crippen LogP contribution in [0.3, 0.4) is 0 Å². The van der Waals surface area contributed by atoms with E-state index in [2.05, 4.69) is 10.3 Å². The molecule has 35 heavy (non-hydrogen) atoms. The van der Waals surface area contributed by atoms with Crippen LogP contribution in [0, 0.1) is 5.82 Å². The van der Waals surface area contributed by atoms with Gasteiger partial charge in [-0.25, -0.2) is 9.18 Å². The Morgan fingerprint density at radius 2 is 1.63 bits per heavy atom. The van der Waals surface area contributed by atoms with Crippen molar-refractivity contribution in [3.63, 3.8) is 0 Å². The van der Waals surface area contributed by atoms with Gasteiger partial charge in [0, 0.05) is 23.3 Å². The highest BCUT2D eigenvalue weighted by Gasteiger charge is 2.12. The molecule has 3 aromatic carbocycles. The van der Waals surface area contributed by atoms with Crippen molar-refractivity contribution in [3.05, 3.63) is 78.7 Å². The smallest absolute Gasteiger partial charge is 0.411 e. The van der Waals surface area contributed by atoms with E-state index in [9.17, 15) is 9.18 Å². The molecule has 0 aliphatic rings. The lowest BCUT2D eigenvalue weighted by atomic mass is 10.2. The van der Waals surface area contributed by atoms with E-state index in [4.69, 9.17) is 23.7 Å². The Balaban J connectivity index is 1.33. The lowest BCUT2D eigenvalue weighted by Gasteiger charge is -2.13. The van der Waals surface area contributed by atoms with Crippen LogP contribution in [0.2, 0.25) is 0 Å². The summed E-state index contributed by atoms with van der Waals surface area (Å²) < 4.78 is 40.6. The summed E-state index contributed by atoms with van der Waals surface area (Å²) >= 11 is 0. The molecular weight excluding hydrogens is 455 g/mol. The number of nitrogens with zero attached hydrogens (tertiary/aromatic N) is 1. The number of rotatable bonds is 9. The molecule has 0 saturated carbocycles. The van der Waals surface area contributed by atoms with Gasteiger partial charge in [-0.2, -0.15) is 0 Å². The predicted molar refractivity (Wildman–Crippen MR) is 128 cm³/mol. The minimum absolute atomic E-state index is 0.0255. The Bertz CT molecular complexity index is 1310. The van der Waals surface area contributed by atoms with Gasteiger partial charge in [0.2, 0.25) is 0 Å². The van der Waals surface area contributed by atoms with Gasteiger partial charge < -0.3 is 23.7 Å². The first-order chi connectivity index (χ1) is 17.1. The van der Waals surface area contributed by atoms with E-state index in [1.807, 2.05) is 0 Å². The number of carbonyl (C=O) groups excluding carboxylic acids is 1. The highest BCUT2D eigenvalue weighted by atomic mass is 19.1. The molecule has 1 amide bonds. The lowest BCUT2D eigenvalue weighted by Crippen LogP contribution is -2.17. The first kappa shape index (κ1) is 23.6. The van der Waals surface area contributed by atoms with Gasteiger partial charge in [-0.1, -0.05) is 12.1 Å². The second-order valence-corrected chi connectivity index (χ2v) is 7.20. The zero-order valence-corrected chi connectivity index (χ0v) is 19.1. The highest BCUT2D eigenvalue weighted by Crippen LogP contribution is 2.37. The normalized spacial score (nSPS) is 10.5. The summed E-state index contributed by atoms with van der Waals surface area (Å²) in [6.07, 6.45) is 0.989. The number of halogens is 1. The van der Waals surface area contributed by atoms with Gasteiger partial charge >= 0.3 is 6.09 Å². The van der Waals surface area contributed by atoms with Gasteiger partial charge in [0.1, 0.15) is 24.7 Å². The van der Waals surface area contributed by atoms with E-state index in [0.29, 0.717) is 34.2 Å². The van der Waals surface area contributed by atoms with Crippen LogP contribution in [0.5, 0.6) is 28.7 Å². The molecule has 0 bridgehead atoms. The zero-order chi connectivity index (χ0) is 24.6. The van der Waals surface area contributed by atoms with E-state index in [1.54, 1.807) is 75.0 Å². The van der Waals surface area contributed by atoms with E-state index in [1.165, 1.54) is 12.1 Å². The van der Waals surface area contributed by atoms with Crippen LogP contribution in [-0.2, 0) is 4.74 Å². The summed E-state index contributed by atoms with van der Waals surface area (Å²) in [5.41, 5.74) is 1.21. The number of benzene rings is 3. The molecular formula is C26H23FN2O6. The maximum Gasteiger partial charge on any atom is 0.411 e. The van der Waals surface area contributed by atoms with Gasteiger partial charge in [-0.3, -0.25) is 10.3 Å². The third-order valence-electron chi connectivity index (χ3n) is 4.95. The number of anilines is 1. The highest BCUT2D eigenvalue weighted by molar-refractivity contribution is 5.88. The molecule has 1 heterocycles. The van der Waals surface area contributed by atoms with Crippen molar-refractivity contribution in [3.8, 4) is 28.7 Å². The fourth-order valence-corrected chi connectivity index (χ4v) is 3.27. The standard InChI is InChI=1S/C26H23FN2O6/c1-31-24-15-19-21(16-25(24)32-2)28-12-11-22(19)35-18-9-7-17(8-10-18)29-26(30)34-14-13-33-23-6-4-3-5-20(23)27/h3-12,15-16H,13-14H2,1-2H3,(H,29,30). The van der Waals surface area contributed by atoms with Crippen LogP contribution < -0.4 is 24.3 Å². The van der Waals surface area contributed by atoms with E-state index >= 15 is 0 Å². The van der Waals surface area contributed by atoms with Crippen LogP contribution in [0.1, 0.15) is 0 Å². The molecule has 0 saturated heterocycles. The first-order valence-corrected chi connectivity index (χ1v) is 10.7. The Kier molecular flexibility index (Phi) is 7.47. The van der Waals surface area contributed by atoms with E-state index in [-0.39, 0.29) is 19.0 Å². The Morgan fingerprint density at radius 1 is 0.886 bits per heavy atom. The summed E-state index contributed by atoms with van der Waals surface area (Å²) in [6.45, 7) is -0.0115. The summed E-state index contributed by atoms with van der Waals surface area (Å²) in [6, 6.07) is 18.1. The van der Waals surface area contributed by atoms with Gasteiger partial charge in [0.25, 0.3) is 0 Å². The SMILES string of the molecule is COc1cc2nccc(Oc3ccc(NC(=O)OCCOc4ccccc4F)cc3)c2cc1OC. The number of nitrogens with one attached hydrogen (secondary N) is 1. The predicted octanol–water partition coefficient (Wildman–Crippen LogP) is 5.81. The number of para-hydroxylation sites is 1. The molecule has 180 valence electrons. The fraction of sp³-hybridized carbons (Fsp3) is 0.154. The van der Waals surface area contributed by atoms with Crippen molar-refractivity contribution in [1.82, 2.24) is 4.98 Å². The number of carbonyl (C=O) groups is 1. The molecule has 0 aliphatic carbocycles. The second-order valence-electron chi connectivity index (χ2n) is 7.20. The zero-order valence-electron chi connectivity index (χ0n) is 19.1. The number of pyridine rings is 1. The number of hydrogen-bond acceptors (Lipinski definition) is 7. The Morgan fingerprint density at radius 3 is 2.37 bits per heavy atom. The van der Waals surface area contributed by atoms with Crippen LogP contribution in [0.25, 0.3) is 10.9 Å². The van der Waals surface area contributed by atoms with Crippen LogP contribution in [0.15, 0.2) is 72.9 Å². The number of hydrogen-bond donors (Lipinski definition) is 1. The van der Waals surface area contributed by atoms with Crippen molar-refractivity contribution >= 4 is 22.7 Å². The molecule has 0 fully saturated rings. The molecule has 0 radical (unpaired) electrons. The number of ether oxygens (including phenoxy) is 5. The monoisotopic (exact) mass is 478 g/mol. The van der Waals surface area contributed by atoms with Crippen molar-refractivity contribution < 1.29 is 32.9 Å². The van der Waals surface area contributed by atoms with Crippen molar-refractivity contribution in [1.29, 1.82) is 0 Å². The maximum atomic E-state index is 13.5. The minimum atomic E-state index is -0.656. The molecule has 4 aromatic rings.